The molecule has 4 aliphatic rings. The first-order valence-electron chi connectivity index (χ1n) is 20.6. The standard InChI is InChI=1S/C50H52N2O4/c1-47(2)15-19-51-21-17-49(5,6)39-41(51)37(47)27-33-25-35(45(53)55-43(33)39)31-13-9-11-29(23-31)30-12-10-14-32(24-30)36-26-34-28-38-42-40(44(34)56-46(36)54)50(7,8)18-22-52(42)20-16-48(38,3)4/h9-14,23-28H,15-22H2,1-8H3. The molecule has 2 aromatic heterocycles. The van der Waals surface area contributed by atoms with E-state index in [9.17, 15) is 9.59 Å². The minimum atomic E-state index is -0.327. The van der Waals surface area contributed by atoms with Crippen LogP contribution in [0.15, 0.2) is 91.2 Å². The van der Waals surface area contributed by atoms with Crippen molar-refractivity contribution in [2.75, 3.05) is 36.0 Å². The van der Waals surface area contributed by atoms with Gasteiger partial charge in [-0.25, -0.2) is 9.59 Å². The maximum atomic E-state index is 13.9. The lowest BCUT2D eigenvalue weighted by Gasteiger charge is -2.48. The second-order valence-corrected chi connectivity index (χ2v) is 19.7. The normalized spacial score (nSPS) is 19.9. The van der Waals surface area contributed by atoms with E-state index in [-0.39, 0.29) is 32.9 Å². The first kappa shape index (κ1) is 35.3. The molecule has 0 fully saturated rings. The van der Waals surface area contributed by atoms with E-state index in [0.717, 1.165) is 96.1 Å². The Labute approximate surface area is 329 Å². The van der Waals surface area contributed by atoms with Gasteiger partial charge in [-0.1, -0.05) is 91.8 Å². The van der Waals surface area contributed by atoms with Gasteiger partial charge in [0.1, 0.15) is 11.2 Å². The number of hydrogen-bond donors (Lipinski definition) is 0. The molecule has 0 unspecified atom stereocenters. The predicted molar refractivity (Wildman–Crippen MR) is 230 cm³/mol. The maximum Gasteiger partial charge on any atom is 0.344 e. The van der Waals surface area contributed by atoms with Crippen LogP contribution in [0.1, 0.15) is 103 Å². The van der Waals surface area contributed by atoms with Crippen LogP contribution >= 0.6 is 0 Å². The fourth-order valence-corrected chi connectivity index (χ4v) is 10.4. The van der Waals surface area contributed by atoms with Gasteiger partial charge in [-0.2, -0.15) is 0 Å². The van der Waals surface area contributed by atoms with Gasteiger partial charge < -0.3 is 18.6 Å². The second kappa shape index (κ2) is 11.7. The van der Waals surface area contributed by atoms with Gasteiger partial charge >= 0.3 is 11.3 Å². The molecule has 10 rings (SSSR count). The lowest BCUT2D eigenvalue weighted by Crippen LogP contribution is -2.44. The second-order valence-electron chi connectivity index (χ2n) is 19.7. The van der Waals surface area contributed by atoms with Crippen LogP contribution in [-0.2, 0) is 21.7 Å². The summed E-state index contributed by atoms with van der Waals surface area (Å²) in [4.78, 5) is 32.9. The molecule has 6 aromatic rings. The fourth-order valence-electron chi connectivity index (χ4n) is 10.4. The lowest BCUT2D eigenvalue weighted by atomic mass is 9.69. The summed E-state index contributed by atoms with van der Waals surface area (Å²) in [7, 11) is 0. The molecule has 0 saturated carbocycles. The smallest absolute Gasteiger partial charge is 0.344 e. The Hall–Kier alpha value is -5.10. The summed E-state index contributed by atoms with van der Waals surface area (Å²) in [5.41, 5.74) is 12.8. The van der Waals surface area contributed by atoms with Crippen LogP contribution in [-0.4, -0.2) is 26.2 Å². The third-order valence-electron chi connectivity index (χ3n) is 14.1. The number of fused-ring (bicyclic) bond motifs is 4. The Morgan fingerprint density at radius 2 is 0.821 bits per heavy atom. The Morgan fingerprint density at radius 3 is 1.21 bits per heavy atom. The molecular formula is C50H52N2O4. The van der Waals surface area contributed by atoms with Crippen LogP contribution in [0.5, 0.6) is 0 Å². The number of hydrogen-bond acceptors (Lipinski definition) is 6. The molecule has 0 aliphatic carbocycles. The Balaban J connectivity index is 1.07. The van der Waals surface area contributed by atoms with Crippen molar-refractivity contribution in [3.63, 3.8) is 0 Å². The molecule has 286 valence electrons. The van der Waals surface area contributed by atoms with E-state index in [1.165, 1.54) is 33.6 Å². The highest BCUT2D eigenvalue weighted by atomic mass is 16.4. The molecular weight excluding hydrogens is 693 g/mol. The summed E-state index contributed by atoms with van der Waals surface area (Å²) in [6.07, 6.45) is 4.22. The first-order chi connectivity index (χ1) is 26.5. The minimum Gasteiger partial charge on any atom is -0.422 e. The third kappa shape index (κ3) is 5.20. The summed E-state index contributed by atoms with van der Waals surface area (Å²) in [5, 5.41) is 1.95. The van der Waals surface area contributed by atoms with Gasteiger partial charge in [-0.15, -0.1) is 0 Å². The maximum absolute atomic E-state index is 13.9. The summed E-state index contributed by atoms with van der Waals surface area (Å²) in [6.45, 7) is 22.6. The quantitative estimate of drug-likeness (QED) is 0.168. The van der Waals surface area contributed by atoms with Crippen LogP contribution in [0.25, 0.3) is 55.3 Å². The molecule has 6 nitrogen and oxygen atoms in total. The minimum absolute atomic E-state index is 0.0237. The topological polar surface area (TPSA) is 66.9 Å². The van der Waals surface area contributed by atoms with Crippen molar-refractivity contribution in [1.82, 2.24) is 0 Å². The average Bonchev–Trinajstić information content (AvgIpc) is 3.15. The van der Waals surface area contributed by atoms with E-state index >= 15 is 0 Å². The molecule has 4 aromatic carbocycles. The lowest BCUT2D eigenvalue weighted by molar-refractivity contribution is 0.398. The average molecular weight is 745 g/mol. The third-order valence-corrected chi connectivity index (χ3v) is 14.1. The predicted octanol–water partition coefficient (Wildman–Crippen LogP) is 11.2. The van der Waals surface area contributed by atoms with Crippen LogP contribution < -0.4 is 21.1 Å². The summed E-state index contributed by atoms with van der Waals surface area (Å²) in [6, 6.07) is 24.8. The zero-order valence-corrected chi connectivity index (χ0v) is 34.1. The molecule has 0 saturated heterocycles. The first-order valence-corrected chi connectivity index (χ1v) is 20.6. The number of benzene rings is 4. The van der Waals surface area contributed by atoms with Crippen molar-refractivity contribution < 1.29 is 8.83 Å². The molecule has 0 spiro atoms. The van der Waals surface area contributed by atoms with E-state index in [4.69, 9.17) is 8.83 Å². The Bertz CT molecular complexity index is 2590. The fraction of sp³-hybridized carbons (Fsp3) is 0.400. The van der Waals surface area contributed by atoms with Crippen molar-refractivity contribution >= 4 is 33.3 Å². The Morgan fingerprint density at radius 1 is 0.464 bits per heavy atom. The van der Waals surface area contributed by atoms with Gasteiger partial charge in [-0.3, -0.25) is 0 Å². The van der Waals surface area contributed by atoms with Crippen molar-refractivity contribution in [2.45, 2.75) is 103 Å². The number of anilines is 2. The highest BCUT2D eigenvalue weighted by molar-refractivity contribution is 5.94. The molecule has 4 aliphatic heterocycles. The summed E-state index contributed by atoms with van der Waals surface area (Å²) < 4.78 is 12.7. The summed E-state index contributed by atoms with van der Waals surface area (Å²) >= 11 is 0. The van der Waals surface area contributed by atoms with E-state index < -0.39 is 0 Å². The zero-order valence-electron chi connectivity index (χ0n) is 34.1. The van der Waals surface area contributed by atoms with E-state index in [0.29, 0.717) is 11.1 Å². The molecule has 56 heavy (non-hydrogen) atoms. The molecule has 0 radical (unpaired) electrons. The van der Waals surface area contributed by atoms with Crippen LogP contribution in [0.3, 0.4) is 0 Å². The monoisotopic (exact) mass is 744 g/mol. The van der Waals surface area contributed by atoms with Gasteiger partial charge in [0, 0.05) is 59.5 Å². The largest absolute Gasteiger partial charge is 0.422 e. The van der Waals surface area contributed by atoms with Crippen molar-refractivity contribution in [1.29, 1.82) is 0 Å². The van der Waals surface area contributed by atoms with Crippen LogP contribution in [0.2, 0.25) is 0 Å². The van der Waals surface area contributed by atoms with Crippen molar-refractivity contribution in [3.8, 4) is 33.4 Å². The molecule has 6 heterocycles. The number of rotatable bonds is 3. The molecule has 0 atom stereocenters. The van der Waals surface area contributed by atoms with Gasteiger partial charge in [0.25, 0.3) is 0 Å². The molecule has 0 N–H and O–H groups in total. The van der Waals surface area contributed by atoms with Crippen LogP contribution in [0, 0.1) is 0 Å². The summed E-state index contributed by atoms with van der Waals surface area (Å²) in [5.74, 6) is 0. The van der Waals surface area contributed by atoms with Gasteiger partial charge in [0.15, 0.2) is 0 Å². The van der Waals surface area contributed by atoms with Crippen molar-refractivity contribution in [2.24, 2.45) is 0 Å². The molecule has 0 bridgehead atoms. The number of nitrogens with zero attached hydrogens (tertiary/aromatic N) is 2. The SMILES string of the molecule is CC1(C)CCN2CCC(C)(C)c3c2c1cc1cc(-c2cccc(-c4cccc(-c5cc6cc7c8c(c6oc5=O)C(C)(C)CCN8CCC7(C)C)c4)c2)c(=O)oc31. The van der Waals surface area contributed by atoms with E-state index in [2.05, 4.69) is 102 Å². The molecule has 6 heteroatoms. The highest BCUT2D eigenvalue weighted by Crippen LogP contribution is 2.53. The van der Waals surface area contributed by atoms with Crippen LogP contribution in [0.4, 0.5) is 11.4 Å². The van der Waals surface area contributed by atoms with Gasteiger partial charge in [0.2, 0.25) is 0 Å². The van der Waals surface area contributed by atoms with E-state index in [1.807, 2.05) is 36.4 Å². The van der Waals surface area contributed by atoms with E-state index in [1.54, 1.807) is 0 Å². The molecule has 0 amide bonds. The van der Waals surface area contributed by atoms with Gasteiger partial charge in [0.05, 0.1) is 11.1 Å². The Kier molecular flexibility index (Phi) is 7.39. The zero-order chi connectivity index (χ0) is 39.1. The van der Waals surface area contributed by atoms with Gasteiger partial charge in [-0.05, 0) is 117 Å². The van der Waals surface area contributed by atoms with Crippen molar-refractivity contribution in [3.05, 3.63) is 116 Å². The highest BCUT2D eigenvalue weighted by Gasteiger charge is 2.43.